The van der Waals surface area contributed by atoms with Gasteiger partial charge in [-0.1, -0.05) is 30.3 Å². The van der Waals surface area contributed by atoms with Crippen LogP contribution >= 0.6 is 11.3 Å². The van der Waals surface area contributed by atoms with Gasteiger partial charge >= 0.3 is 0 Å². The van der Waals surface area contributed by atoms with Gasteiger partial charge in [-0.05, 0) is 60.5 Å². The molecule has 1 fully saturated rings. The first-order chi connectivity index (χ1) is 24.0. The van der Waals surface area contributed by atoms with E-state index in [0.29, 0.717) is 22.5 Å². The number of fused-ring (bicyclic) bond motifs is 1. The number of para-hydroxylation sites is 1. The minimum Gasteiger partial charge on any atom is -0.493 e. The molecule has 5 heterocycles. The lowest BCUT2D eigenvalue weighted by Gasteiger charge is -2.26. The maximum absolute atomic E-state index is 15.5. The summed E-state index contributed by atoms with van der Waals surface area (Å²) in [6, 6.07) is 22.7. The number of ketones is 1. The molecule has 4 aromatic heterocycles. The Morgan fingerprint density at radius 2 is 1.76 bits per heavy atom. The average Bonchev–Trinajstić information content (AvgIpc) is 3.56. The molecule has 7 rings (SSSR count). The molecule has 0 spiro atoms. The smallest absolute Gasteiger partial charge is 0.269 e. The van der Waals surface area contributed by atoms with Crippen LogP contribution in [0.15, 0.2) is 102 Å². The standard InChI is InChI=1S/C38H33FN4O5S/c1-2-47-33-13-15-43(27-6-4-3-5-7-27)38(45)36(33)31(44)21-25-9-11-32(28(39)20-25)48-34-12-14-40-30-22-35(49-37(30)34)29-10-8-26(23-41-29)24-42-16-18-46-19-17-42/h3-15,20,22-23H,2,16-19,21,24H2,1H3. The molecule has 248 valence electrons. The van der Waals surface area contributed by atoms with Gasteiger partial charge in [0.25, 0.3) is 5.56 Å². The maximum Gasteiger partial charge on any atom is 0.269 e. The van der Waals surface area contributed by atoms with E-state index in [1.807, 2.05) is 36.5 Å². The van der Waals surface area contributed by atoms with Crippen LogP contribution in [0.2, 0.25) is 0 Å². The Bertz CT molecular complexity index is 2160. The van der Waals surface area contributed by atoms with Crippen molar-refractivity contribution in [1.82, 2.24) is 19.4 Å². The molecule has 1 saturated heterocycles. The Labute approximate surface area is 286 Å². The molecule has 0 N–H and O–H groups in total. The van der Waals surface area contributed by atoms with Crippen LogP contribution in [0, 0.1) is 5.82 Å². The average molecular weight is 677 g/mol. The van der Waals surface area contributed by atoms with Crippen LogP contribution in [0.3, 0.4) is 0 Å². The number of ether oxygens (including phenoxy) is 3. The highest BCUT2D eigenvalue weighted by Crippen LogP contribution is 2.39. The van der Waals surface area contributed by atoms with Gasteiger partial charge in [-0.2, -0.15) is 0 Å². The summed E-state index contributed by atoms with van der Waals surface area (Å²) in [6.45, 7) is 6.21. The van der Waals surface area contributed by atoms with Crippen molar-refractivity contribution < 1.29 is 23.4 Å². The first kappa shape index (κ1) is 32.3. The summed E-state index contributed by atoms with van der Waals surface area (Å²) >= 11 is 1.47. The topological polar surface area (TPSA) is 95.8 Å². The fourth-order valence-corrected chi connectivity index (χ4v) is 6.82. The number of carbonyl (C=O) groups excluding carboxylic acids is 1. The van der Waals surface area contributed by atoms with Crippen LogP contribution in [0.5, 0.6) is 17.2 Å². The number of hydrogen-bond donors (Lipinski definition) is 0. The van der Waals surface area contributed by atoms with Gasteiger partial charge < -0.3 is 14.2 Å². The van der Waals surface area contributed by atoms with Crippen LogP contribution in [0.25, 0.3) is 26.5 Å². The molecule has 0 atom stereocenters. The Hall–Kier alpha value is -5.23. The molecule has 1 aliphatic heterocycles. The number of pyridine rings is 3. The third-order valence-corrected chi connectivity index (χ3v) is 9.37. The van der Waals surface area contributed by atoms with Gasteiger partial charge in [-0.3, -0.25) is 29.0 Å². The molecule has 6 aromatic rings. The first-order valence-corrected chi connectivity index (χ1v) is 16.9. The summed E-state index contributed by atoms with van der Waals surface area (Å²) in [5, 5.41) is 0. The fraction of sp³-hybridized carbons (Fsp3) is 0.211. The van der Waals surface area contributed by atoms with Crippen LogP contribution < -0.4 is 15.0 Å². The molecular formula is C38H33FN4O5S. The van der Waals surface area contributed by atoms with Crippen LogP contribution in [-0.2, 0) is 17.7 Å². The molecule has 0 saturated carbocycles. The second kappa shape index (κ2) is 14.5. The van der Waals surface area contributed by atoms with E-state index in [4.69, 9.17) is 19.2 Å². The summed E-state index contributed by atoms with van der Waals surface area (Å²) in [7, 11) is 0. The Morgan fingerprint density at radius 3 is 2.51 bits per heavy atom. The third-order valence-electron chi connectivity index (χ3n) is 8.21. The predicted octanol–water partition coefficient (Wildman–Crippen LogP) is 7.10. The Kier molecular flexibility index (Phi) is 9.56. The van der Waals surface area contributed by atoms with Gasteiger partial charge in [0.2, 0.25) is 0 Å². The molecule has 2 aromatic carbocycles. The number of halogens is 1. The normalized spacial score (nSPS) is 13.4. The number of morpholine rings is 1. The summed E-state index contributed by atoms with van der Waals surface area (Å²) < 4.78 is 34.8. The molecule has 0 amide bonds. The number of thiophene rings is 1. The number of hydrogen-bond acceptors (Lipinski definition) is 9. The van der Waals surface area contributed by atoms with E-state index < -0.39 is 17.2 Å². The number of aromatic nitrogens is 3. The molecule has 1 aliphatic rings. The van der Waals surface area contributed by atoms with Gasteiger partial charge in [0.15, 0.2) is 17.3 Å². The van der Waals surface area contributed by atoms with Crippen molar-refractivity contribution in [3.8, 4) is 33.5 Å². The van der Waals surface area contributed by atoms with Crippen molar-refractivity contribution in [3.63, 3.8) is 0 Å². The van der Waals surface area contributed by atoms with Crippen molar-refractivity contribution >= 4 is 27.3 Å². The zero-order valence-electron chi connectivity index (χ0n) is 26.8. The van der Waals surface area contributed by atoms with Crippen molar-refractivity contribution in [2.45, 2.75) is 19.9 Å². The van der Waals surface area contributed by atoms with E-state index in [0.717, 1.165) is 53.7 Å². The lowest BCUT2D eigenvalue weighted by Crippen LogP contribution is -2.35. The van der Waals surface area contributed by atoms with E-state index in [1.54, 1.807) is 49.6 Å². The number of rotatable bonds is 11. The number of Topliss-reactive ketones (excluding diaryl/α,β-unsaturated/α-hetero) is 1. The summed E-state index contributed by atoms with van der Waals surface area (Å²) in [4.78, 5) is 39.4. The third kappa shape index (κ3) is 7.14. The van der Waals surface area contributed by atoms with Gasteiger partial charge in [-0.25, -0.2) is 4.39 Å². The second-order valence-electron chi connectivity index (χ2n) is 11.5. The predicted molar refractivity (Wildman–Crippen MR) is 187 cm³/mol. The zero-order valence-corrected chi connectivity index (χ0v) is 27.6. The van der Waals surface area contributed by atoms with Crippen molar-refractivity contribution in [2.24, 2.45) is 0 Å². The minimum absolute atomic E-state index is 0.00499. The van der Waals surface area contributed by atoms with Gasteiger partial charge in [-0.15, -0.1) is 11.3 Å². The Morgan fingerprint density at radius 1 is 0.939 bits per heavy atom. The monoisotopic (exact) mass is 676 g/mol. The Balaban J connectivity index is 1.08. The van der Waals surface area contributed by atoms with E-state index in [2.05, 4.69) is 16.0 Å². The molecule has 0 radical (unpaired) electrons. The summed E-state index contributed by atoms with van der Waals surface area (Å²) in [6.07, 6.45) is 4.90. The second-order valence-corrected chi connectivity index (χ2v) is 12.6. The van der Waals surface area contributed by atoms with Crippen molar-refractivity contribution in [2.75, 3.05) is 32.9 Å². The molecule has 0 bridgehead atoms. The number of nitrogens with zero attached hydrogens (tertiary/aromatic N) is 4. The molecule has 0 unspecified atom stereocenters. The summed E-state index contributed by atoms with van der Waals surface area (Å²) in [5.41, 5.74) is 3.11. The summed E-state index contributed by atoms with van der Waals surface area (Å²) in [5.74, 6) is -0.451. The maximum atomic E-state index is 15.5. The van der Waals surface area contributed by atoms with E-state index in [9.17, 15) is 9.59 Å². The first-order valence-electron chi connectivity index (χ1n) is 16.0. The van der Waals surface area contributed by atoms with Crippen LogP contribution in [0.4, 0.5) is 4.39 Å². The van der Waals surface area contributed by atoms with Crippen LogP contribution in [0.1, 0.15) is 28.4 Å². The lowest BCUT2D eigenvalue weighted by atomic mass is 10.0. The molecular weight excluding hydrogens is 644 g/mol. The van der Waals surface area contributed by atoms with Crippen molar-refractivity contribution in [3.05, 3.63) is 130 Å². The highest BCUT2D eigenvalue weighted by atomic mass is 32.1. The number of benzene rings is 2. The molecule has 9 nitrogen and oxygen atoms in total. The lowest BCUT2D eigenvalue weighted by molar-refractivity contribution is 0.0341. The molecule has 49 heavy (non-hydrogen) atoms. The quantitative estimate of drug-likeness (QED) is 0.134. The van der Waals surface area contributed by atoms with Gasteiger partial charge in [0, 0.05) is 56.4 Å². The van der Waals surface area contributed by atoms with E-state index in [-0.39, 0.29) is 30.1 Å². The zero-order chi connectivity index (χ0) is 33.7. The van der Waals surface area contributed by atoms with E-state index in [1.165, 1.54) is 28.0 Å². The van der Waals surface area contributed by atoms with Crippen LogP contribution in [-0.4, -0.2) is 58.1 Å². The van der Waals surface area contributed by atoms with E-state index >= 15 is 4.39 Å². The SMILES string of the molecule is CCOc1ccn(-c2ccccc2)c(=O)c1C(=O)Cc1ccc(Oc2ccnc3cc(-c4ccc(CN5CCOCC5)cn4)sc23)c(F)c1. The van der Waals surface area contributed by atoms with Gasteiger partial charge in [0.05, 0.1) is 40.6 Å². The number of carbonyl (C=O) groups is 1. The highest BCUT2D eigenvalue weighted by Gasteiger charge is 2.21. The van der Waals surface area contributed by atoms with Gasteiger partial charge in [0.1, 0.15) is 17.1 Å². The minimum atomic E-state index is -0.635. The largest absolute Gasteiger partial charge is 0.493 e. The highest BCUT2D eigenvalue weighted by molar-refractivity contribution is 7.22. The fourth-order valence-electron chi connectivity index (χ4n) is 5.78. The molecule has 0 aliphatic carbocycles. The molecule has 11 heteroatoms. The van der Waals surface area contributed by atoms with Crippen molar-refractivity contribution in [1.29, 1.82) is 0 Å².